The van der Waals surface area contributed by atoms with Crippen LogP contribution in [0.4, 0.5) is 20.2 Å². The van der Waals surface area contributed by atoms with Crippen molar-refractivity contribution in [1.29, 1.82) is 0 Å². The van der Waals surface area contributed by atoms with Gasteiger partial charge in [-0.3, -0.25) is 14.9 Å². The number of non-ortho nitro benzene ring substituents is 1. The molecule has 168 valence electrons. The highest BCUT2D eigenvalue weighted by Crippen LogP contribution is 2.26. The van der Waals surface area contributed by atoms with Gasteiger partial charge in [-0.15, -0.1) is 10.2 Å². The molecule has 0 aliphatic carbocycles. The molecule has 3 aromatic rings. The maximum Gasteiger partial charge on any atom is 0.271 e. The summed E-state index contributed by atoms with van der Waals surface area (Å²) in [5.41, 5.74) is -0.608. The van der Waals surface area contributed by atoms with Gasteiger partial charge < -0.3 is 14.6 Å². The van der Waals surface area contributed by atoms with E-state index in [4.69, 9.17) is 4.74 Å². The van der Waals surface area contributed by atoms with Gasteiger partial charge in [0.25, 0.3) is 5.69 Å². The first-order valence-corrected chi connectivity index (χ1v) is 10.5. The number of nitro benzene ring substituents is 1. The van der Waals surface area contributed by atoms with Crippen LogP contribution in [-0.4, -0.2) is 31.3 Å². The lowest BCUT2D eigenvalue weighted by atomic mass is 10.2. The topological polar surface area (TPSA) is 112 Å². The van der Waals surface area contributed by atoms with Gasteiger partial charge in [-0.1, -0.05) is 11.8 Å². The highest BCUT2D eigenvalue weighted by Gasteiger charge is 2.20. The van der Waals surface area contributed by atoms with Crippen molar-refractivity contribution in [3.8, 4) is 5.75 Å². The van der Waals surface area contributed by atoms with E-state index in [1.165, 1.54) is 24.3 Å². The molecule has 0 aliphatic heterocycles. The first-order valence-electron chi connectivity index (χ1n) is 9.50. The zero-order valence-corrected chi connectivity index (χ0v) is 17.9. The smallest absolute Gasteiger partial charge is 0.271 e. The second-order valence-electron chi connectivity index (χ2n) is 6.56. The maximum absolute atomic E-state index is 13.9. The van der Waals surface area contributed by atoms with Gasteiger partial charge in [0.05, 0.1) is 16.4 Å². The number of nitrogens with one attached hydrogen (secondary N) is 1. The van der Waals surface area contributed by atoms with Crippen molar-refractivity contribution in [1.82, 2.24) is 14.8 Å². The fourth-order valence-corrected chi connectivity index (χ4v) is 3.62. The Morgan fingerprint density at radius 2 is 1.97 bits per heavy atom. The third-order valence-corrected chi connectivity index (χ3v) is 5.29. The van der Waals surface area contributed by atoms with Crippen molar-refractivity contribution in [3.63, 3.8) is 0 Å². The second-order valence-corrected chi connectivity index (χ2v) is 7.50. The van der Waals surface area contributed by atoms with Gasteiger partial charge in [0.1, 0.15) is 17.4 Å². The summed E-state index contributed by atoms with van der Waals surface area (Å²) in [7, 11) is 0. The Hall–Kier alpha value is -3.54. The van der Waals surface area contributed by atoms with Crippen LogP contribution in [0.2, 0.25) is 0 Å². The number of amides is 1. The van der Waals surface area contributed by atoms with Gasteiger partial charge in [0, 0.05) is 18.7 Å². The molecule has 0 spiro atoms. The maximum atomic E-state index is 13.9. The second kappa shape index (κ2) is 10.2. The van der Waals surface area contributed by atoms with E-state index in [-0.39, 0.29) is 22.9 Å². The van der Waals surface area contributed by atoms with E-state index in [1.807, 2.05) is 6.92 Å². The molecule has 1 aromatic heterocycles. The standard InChI is InChI=1S/C20H19F2N5O4S/c1-3-26-19(12(2)31-15-7-4-13(21)5-8-15)24-25-20(26)32-11-18(28)23-17-10-14(27(29)30)6-9-16(17)22/h4-10,12H,3,11H2,1-2H3,(H,23,28). The van der Waals surface area contributed by atoms with Crippen LogP contribution in [0, 0.1) is 21.7 Å². The normalized spacial score (nSPS) is 11.8. The van der Waals surface area contributed by atoms with Crippen LogP contribution >= 0.6 is 11.8 Å². The van der Waals surface area contributed by atoms with Crippen molar-refractivity contribution in [3.05, 3.63) is 70.0 Å². The van der Waals surface area contributed by atoms with Crippen LogP contribution in [0.3, 0.4) is 0 Å². The van der Waals surface area contributed by atoms with E-state index >= 15 is 0 Å². The van der Waals surface area contributed by atoms with E-state index in [0.717, 1.165) is 30.0 Å². The molecule has 12 heteroatoms. The molecule has 0 saturated heterocycles. The molecule has 0 fully saturated rings. The molecule has 0 aliphatic rings. The number of nitro groups is 1. The summed E-state index contributed by atoms with van der Waals surface area (Å²) >= 11 is 1.08. The lowest BCUT2D eigenvalue weighted by Crippen LogP contribution is -2.16. The minimum atomic E-state index is -0.778. The molecule has 3 rings (SSSR count). The number of hydrogen-bond acceptors (Lipinski definition) is 7. The number of aromatic nitrogens is 3. The molecule has 1 unspecified atom stereocenters. The minimum absolute atomic E-state index is 0.118. The minimum Gasteiger partial charge on any atom is -0.483 e. The number of hydrogen-bond donors (Lipinski definition) is 1. The highest BCUT2D eigenvalue weighted by molar-refractivity contribution is 7.99. The van der Waals surface area contributed by atoms with Crippen molar-refractivity contribution in [2.24, 2.45) is 0 Å². The van der Waals surface area contributed by atoms with Gasteiger partial charge in [0.2, 0.25) is 5.91 Å². The number of carbonyl (C=O) groups excluding carboxylic acids is 1. The quantitative estimate of drug-likeness (QED) is 0.285. The Kier molecular flexibility index (Phi) is 7.36. The summed E-state index contributed by atoms with van der Waals surface area (Å²) in [6.45, 7) is 4.15. The Labute approximate surface area is 185 Å². The van der Waals surface area contributed by atoms with Gasteiger partial charge >= 0.3 is 0 Å². The molecule has 2 aromatic carbocycles. The molecule has 1 N–H and O–H groups in total. The summed E-state index contributed by atoms with van der Waals surface area (Å²) in [5.74, 6) is -0.838. The average molecular weight is 463 g/mol. The van der Waals surface area contributed by atoms with Crippen molar-refractivity contribution >= 4 is 29.0 Å². The molecule has 0 bridgehead atoms. The summed E-state index contributed by atoms with van der Waals surface area (Å²) in [6, 6.07) is 8.48. The van der Waals surface area contributed by atoms with Crippen LogP contribution < -0.4 is 10.1 Å². The van der Waals surface area contributed by atoms with Crippen LogP contribution in [0.5, 0.6) is 5.75 Å². The van der Waals surface area contributed by atoms with E-state index < -0.39 is 22.8 Å². The number of anilines is 1. The lowest BCUT2D eigenvalue weighted by Gasteiger charge is -2.15. The number of carbonyl (C=O) groups is 1. The molecule has 0 radical (unpaired) electrons. The number of rotatable bonds is 9. The number of nitrogens with zero attached hydrogens (tertiary/aromatic N) is 4. The van der Waals surface area contributed by atoms with E-state index in [9.17, 15) is 23.7 Å². The largest absolute Gasteiger partial charge is 0.483 e. The number of benzene rings is 2. The van der Waals surface area contributed by atoms with Crippen molar-refractivity contribution in [2.45, 2.75) is 31.7 Å². The molecule has 9 nitrogen and oxygen atoms in total. The number of halogens is 2. The zero-order valence-electron chi connectivity index (χ0n) is 17.1. The lowest BCUT2D eigenvalue weighted by molar-refractivity contribution is -0.384. The fraction of sp³-hybridized carbons (Fsp3) is 0.250. The molecular weight excluding hydrogens is 444 g/mol. The molecular formula is C20H19F2N5O4S. The van der Waals surface area contributed by atoms with E-state index in [0.29, 0.717) is 23.3 Å². The predicted octanol–water partition coefficient (Wildman–Crippen LogP) is 4.36. The highest BCUT2D eigenvalue weighted by atomic mass is 32.2. The van der Waals surface area contributed by atoms with Crippen LogP contribution in [0.15, 0.2) is 47.6 Å². The SMILES string of the molecule is CCn1c(SCC(=O)Nc2cc([N+](=O)[O-])ccc2F)nnc1C(C)Oc1ccc(F)cc1. The summed E-state index contributed by atoms with van der Waals surface area (Å²) in [4.78, 5) is 22.4. The molecule has 1 amide bonds. The van der Waals surface area contributed by atoms with Crippen LogP contribution in [-0.2, 0) is 11.3 Å². The first kappa shape index (κ1) is 23.1. The van der Waals surface area contributed by atoms with Crippen LogP contribution in [0.25, 0.3) is 0 Å². The van der Waals surface area contributed by atoms with Crippen molar-refractivity contribution in [2.75, 3.05) is 11.1 Å². The number of thioether (sulfide) groups is 1. The zero-order chi connectivity index (χ0) is 23.3. The third-order valence-electron chi connectivity index (χ3n) is 4.32. The fourth-order valence-electron chi connectivity index (χ4n) is 2.81. The number of ether oxygens (including phenoxy) is 1. The summed E-state index contributed by atoms with van der Waals surface area (Å²) in [5, 5.41) is 21.8. The third kappa shape index (κ3) is 5.58. The molecule has 32 heavy (non-hydrogen) atoms. The van der Waals surface area contributed by atoms with Crippen molar-refractivity contribution < 1.29 is 23.2 Å². The Morgan fingerprint density at radius 3 is 2.62 bits per heavy atom. The van der Waals surface area contributed by atoms with Crippen LogP contribution in [0.1, 0.15) is 25.8 Å². The summed E-state index contributed by atoms with van der Waals surface area (Å²) in [6.07, 6.45) is -0.491. The van der Waals surface area contributed by atoms with E-state index in [1.54, 1.807) is 11.5 Å². The first-order chi connectivity index (χ1) is 15.3. The average Bonchev–Trinajstić information content (AvgIpc) is 3.18. The monoisotopic (exact) mass is 463 g/mol. The van der Waals surface area contributed by atoms with Gasteiger partial charge in [-0.25, -0.2) is 8.78 Å². The Balaban J connectivity index is 1.65. The Bertz CT molecular complexity index is 1120. The summed E-state index contributed by atoms with van der Waals surface area (Å²) < 4.78 is 34.5. The van der Waals surface area contributed by atoms with Gasteiger partial charge in [0.15, 0.2) is 17.1 Å². The molecule has 1 heterocycles. The van der Waals surface area contributed by atoms with Gasteiger partial charge in [-0.2, -0.15) is 0 Å². The molecule has 1 atom stereocenters. The molecule has 0 saturated carbocycles. The van der Waals surface area contributed by atoms with E-state index in [2.05, 4.69) is 15.5 Å². The Morgan fingerprint density at radius 1 is 1.25 bits per heavy atom. The van der Waals surface area contributed by atoms with Gasteiger partial charge in [-0.05, 0) is 44.2 Å². The predicted molar refractivity (Wildman–Crippen MR) is 114 cm³/mol.